The number of nitrogens with two attached hydrogens (primary N) is 1. The molecular weight excluding hydrogens is 197 g/mol. The Balaban J connectivity index is 1.95. The van der Waals surface area contributed by atoms with Crippen LogP contribution in [0.1, 0.15) is 18.5 Å². The molecular formula is C10H16FN3O. The largest absolute Gasteiger partial charge is 0.381 e. The summed E-state index contributed by atoms with van der Waals surface area (Å²) in [5.74, 6) is 0.303. The van der Waals surface area contributed by atoms with E-state index in [1.807, 2.05) is 0 Å². The second-order valence-electron chi connectivity index (χ2n) is 4.04. The van der Waals surface area contributed by atoms with Crippen molar-refractivity contribution < 1.29 is 9.13 Å². The van der Waals surface area contributed by atoms with Gasteiger partial charge in [0.15, 0.2) is 11.6 Å². The predicted molar refractivity (Wildman–Crippen MR) is 54.8 cm³/mol. The van der Waals surface area contributed by atoms with E-state index in [9.17, 15) is 4.39 Å². The fourth-order valence-corrected chi connectivity index (χ4v) is 1.88. The summed E-state index contributed by atoms with van der Waals surface area (Å²) >= 11 is 0. The summed E-state index contributed by atoms with van der Waals surface area (Å²) in [6.45, 7) is 1.63. The molecule has 0 aliphatic carbocycles. The second kappa shape index (κ2) is 4.18. The summed E-state index contributed by atoms with van der Waals surface area (Å²) in [7, 11) is 1.65. The van der Waals surface area contributed by atoms with Crippen molar-refractivity contribution in [2.75, 3.05) is 18.9 Å². The number of rotatable bonds is 3. The Morgan fingerprint density at radius 2 is 2.47 bits per heavy atom. The Morgan fingerprint density at radius 3 is 3.00 bits per heavy atom. The highest BCUT2D eigenvalue weighted by Crippen LogP contribution is 2.21. The summed E-state index contributed by atoms with van der Waals surface area (Å²) in [6, 6.07) is 0. The summed E-state index contributed by atoms with van der Waals surface area (Å²) in [6.07, 6.45) is 2.64. The number of anilines is 1. The summed E-state index contributed by atoms with van der Waals surface area (Å²) in [5.41, 5.74) is 5.96. The van der Waals surface area contributed by atoms with Gasteiger partial charge in [-0.15, -0.1) is 0 Å². The molecule has 0 amide bonds. The second-order valence-corrected chi connectivity index (χ2v) is 4.04. The molecule has 0 spiro atoms. The molecule has 1 fully saturated rings. The van der Waals surface area contributed by atoms with Crippen molar-refractivity contribution in [3.05, 3.63) is 11.5 Å². The first-order valence-corrected chi connectivity index (χ1v) is 5.23. The van der Waals surface area contributed by atoms with Gasteiger partial charge in [-0.1, -0.05) is 0 Å². The van der Waals surface area contributed by atoms with E-state index in [0.717, 1.165) is 26.1 Å². The molecule has 15 heavy (non-hydrogen) atoms. The van der Waals surface area contributed by atoms with E-state index in [0.29, 0.717) is 18.0 Å². The quantitative estimate of drug-likeness (QED) is 0.818. The highest BCUT2D eigenvalue weighted by molar-refractivity contribution is 5.33. The van der Waals surface area contributed by atoms with Gasteiger partial charge in [0, 0.05) is 20.3 Å². The third-order valence-electron chi connectivity index (χ3n) is 2.91. The van der Waals surface area contributed by atoms with Crippen molar-refractivity contribution in [2.24, 2.45) is 13.0 Å². The molecule has 1 aliphatic rings. The molecule has 0 aromatic carbocycles. The molecule has 1 atom stereocenters. The highest BCUT2D eigenvalue weighted by atomic mass is 19.1. The lowest BCUT2D eigenvalue weighted by Gasteiger charge is -2.04. The lowest BCUT2D eigenvalue weighted by molar-refractivity contribution is 0.184. The van der Waals surface area contributed by atoms with Crippen LogP contribution in [-0.4, -0.2) is 23.0 Å². The third kappa shape index (κ3) is 2.12. The van der Waals surface area contributed by atoms with Crippen LogP contribution in [0.3, 0.4) is 0 Å². The van der Waals surface area contributed by atoms with E-state index in [-0.39, 0.29) is 11.6 Å². The van der Waals surface area contributed by atoms with E-state index in [2.05, 4.69) is 5.10 Å². The Hall–Kier alpha value is -1.10. The van der Waals surface area contributed by atoms with E-state index < -0.39 is 0 Å². The molecule has 84 valence electrons. The number of halogens is 1. The molecule has 2 heterocycles. The van der Waals surface area contributed by atoms with Crippen LogP contribution in [0.5, 0.6) is 0 Å². The number of nitrogen functional groups attached to an aromatic ring is 1. The average Bonchev–Trinajstić information content (AvgIpc) is 2.80. The normalized spacial score (nSPS) is 21.1. The highest BCUT2D eigenvalue weighted by Gasteiger charge is 2.18. The first-order chi connectivity index (χ1) is 7.18. The van der Waals surface area contributed by atoms with Crippen LogP contribution in [0.15, 0.2) is 0 Å². The number of aryl methyl sites for hydroxylation is 2. The van der Waals surface area contributed by atoms with E-state index >= 15 is 0 Å². The molecule has 0 radical (unpaired) electrons. The van der Waals surface area contributed by atoms with Gasteiger partial charge in [0.2, 0.25) is 0 Å². The van der Waals surface area contributed by atoms with Gasteiger partial charge in [-0.25, -0.2) is 4.39 Å². The van der Waals surface area contributed by atoms with Crippen LogP contribution in [-0.2, 0) is 18.2 Å². The van der Waals surface area contributed by atoms with Crippen LogP contribution >= 0.6 is 0 Å². The zero-order chi connectivity index (χ0) is 10.8. The predicted octanol–water partition coefficient (Wildman–Crippen LogP) is 1.11. The van der Waals surface area contributed by atoms with Crippen LogP contribution in [0.2, 0.25) is 0 Å². The SMILES string of the molecule is Cn1nc(CCC2CCOC2)c(F)c1N. The maximum atomic E-state index is 13.5. The van der Waals surface area contributed by atoms with Crippen molar-refractivity contribution in [2.45, 2.75) is 19.3 Å². The van der Waals surface area contributed by atoms with Crippen molar-refractivity contribution in [3.8, 4) is 0 Å². The van der Waals surface area contributed by atoms with E-state index in [1.54, 1.807) is 7.05 Å². The fourth-order valence-electron chi connectivity index (χ4n) is 1.88. The minimum Gasteiger partial charge on any atom is -0.381 e. The van der Waals surface area contributed by atoms with Crippen molar-refractivity contribution in [1.29, 1.82) is 0 Å². The lowest BCUT2D eigenvalue weighted by atomic mass is 10.0. The number of ether oxygens (including phenoxy) is 1. The van der Waals surface area contributed by atoms with Gasteiger partial charge in [-0.3, -0.25) is 4.68 Å². The molecule has 2 rings (SSSR count). The third-order valence-corrected chi connectivity index (χ3v) is 2.91. The smallest absolute Gasteiger partial charge is 0.188 e. The van der Waals surface area contributed by atoms with Crippen LogP contribution in [0.25, 0.3) is 0 Å². The van der Waals surface area contributed by atoms with Gasteiger partial charge >= 0.3 is 0 Å². The molecule has 2 N–H and O–H groups in total. The molecule has 5 heteroatoms. The zero-order valence-electron chi connectivity index (χ0n) is 8.87. The maximum absolute atomic E-state index is 13.5. The van der Waals surface area contributed by atoms with Gasteiger partial charge in [0.1, 0.15) is 5.69 Å². The lowest BCUT2D eigenvalue weighted by Crippen LogP contribution is -2.02. The summed E-state index contributed by atoms with van der Waals surface area (Å²) in [4.78, 5) is 0. The summed E-state index contributed by atoms with van der Waals surface area (Å²) < 4.78 is 20.1. The summed E-state index contributed by atoms with van der Waals surface area (Å²) in [5, 5.41) is 4.05. The number of hydrogen-bond donors (Lipinski definition) is 1. The van der Waals surface area contributed by atoms with Crippen LogP contribution in [0, 0.1) is 11.7 Å². The van der Waals surface area contributed by atoms with Gasteiger partial charge in [0.05, 0.1) is 0 Å². The first kappa shape index (κ1) is 10.4. The van der Waals surface area contributed by atoms with Crippen molar-refractivity contribution in [3.63, 3.8) is 0 Å². The van der Waals surface area contributed by atoms with Gasteiger partial charge < -0.3 is 10.5 Å². The average molecular weight is 213 g/mol. The molecule has 1 saturated heterocycles. The molecule has 1 aromatic heterocycles. The zero-order valence-corrected chi connectivity index (χ0v) is 8.87. The van der Waals surface area contributed by atoms with E-state index in [4.69, 9.17) is 10.5 Å². The van der Waals surface area contributed by atoms with Crippen LogP contribution < -0.4 is 5.73 Å². The molecule has 1 aromatic rings. The number of aromatic nitrogens is 2. The minimum absolute atomic E-state index is 0.118. The maximum Gasteiger partial charge on any atom is 0.188 e. The van der Waals surface area contributed by atoms with Gasteiger partial charge in [-0.05, 0) is 25.2 Å². The van der Waals surface area contributed by atoms with Gasteiger partial charge in [0.25, 0.3) is 0 Å². The molecule has 1 unspecified atom stereocenters. The van der Waals surface area contributed by atoms with Crippen molar-refractivity contribution in [1.82, 2.24) is 9.78 Å². The molecule has 0 saturated carbocycles. The van der Waals surface area contributed by atoms with Crippen molar-refractivity contribution >= 4 is 5.82 Å². The minimum atomic E-state index is -0.364. The first-order valence-electron chi connectivity index (χ1n) is 5.23. The topological polar surface area (TPSA) is 53.1 Å². The van der Waals surface area contributed by atoms with Crippen LogP contribution in [0.4, 0.5) is 10.2 Å². The Bertz CT molecular complexity index is 345. The number of hydrogen-bond acceptors (Lipinski definition) is 3. The fraction of sp³-hybridized carbons (Fsp3) is 0.700. The van der Waals surface area contributed by atoms with Gasteiger partial charge in [-0.2, -0.15) is 5.10 Å². The Kier molecular flexibility index (Phi) is 2.90. The molecule has 4 nitrogen and oxygen atoms in total. The molecule has 0 bridgehead atoms. The van der Waals surface area contributed by atoms with E-state index in [1.165, 1.54) is 4.68 Å². The molecule has 1 aliphatic heterocycles. The number of nitrogens with zero attached hydrogens (tertiary/aromatic N) is 2. The monoisotopic (exact) mass is 213 g/mol. The Morgan fingerprint density at radius 1 is 1.67 bits per heavy atom. The Labute approximate surface area is 88.2 Å². The standard InChI is InChI=1S/C10H16FN3O/c1-14-10(12)9(11)8(13-14)3-2-7-4-5-15-6-7/h7H,2-6,12H2,1H3.